The van der Waals surface area contributed by atoms with Crippen LogP contribution in [0.5, 0.6) is 0 Å². The van der Waals surface area contributed by atoms with E-state index in [-0.39, 0.29) is 17.9 Å². The summed E-state index contributed by atoms with van der Waals surface area (Å²) in [6, 6.07) is 28.3. The first-order chi connectivity index (χ1) is 13.6. The highest BCUT2D eigenvalue weighted by Gasteiger charge is 2.64. The van der Waals surface area contributed by atoms with Crippen molar-refractivity contribution in [2.45, 2.75) is 11.6 Å². The maximum absolute atomic E-state index is 13.4. The van der Waals surface area contributed by atoms with Crippen molar-refractivity contribution in [3.05, 3.63) is 108 Å². The normalized spacial score (nSPS) is 21.1. The molecule has 0 aromatic heterocycles. The van der Waals surface area contributed by atoms with Gasteiger partial charge in [0.2, 0.25) is 0 Å². The molecular weight excluding hydrogens is 348 g/mol. The van der Waals surface area contributed by atoms with Gasteiger partial charge in [-0.3, -0.25) is 9.59 Å². The first-order valence-electron chi connectivity index (χ1n) is 9.29. The third kappa shape index (κ3) is 2.53. The van der Waals surface area contributed by atoms with Crippen molar-refractivity contribution in [3.63, 3.8) is 0 Å². The predicted molar refractivity (Wildman–Crippen MR) is 109 cm³/mol. The third-order valence-corrected chi connectivity index (χ3v) is 5.61. The summed E-state index contributed by atoms with van der Waals surface area (Å²) in [6.07, 6.45) is 0. The number of rotatable bonds is 4. The van der Waals surface area contributed by atoms with Crippen molar-refractivity contribution >= 4 is 11.8 Å². The lowest BCUT2D eigenvalue weighted by Gasteiger charge is -2.58. The molecule has 2 atom stereocenters. The molecule has 2 amide bonds. The molecule has 3 aromatic rings. The van der Waals surface area contributed by atoms with E-state index >= 15 is 0 Å². The van der Waals surface area contributed by atoms with Crippen LogP contribution in [0.3, 0.4) is 0 Å². The van der Waals surface area contributed by atoms with Gasteiger partial charge < -0.3 is 9.80 Å². The van der Waals surface area contributed by atoms with Crippen molar-refractivity contribution in [3.8, 4) is 0 Å². The van der Waals surface area contributed by atoms with Gasteiger partial charge in [-0.25, -0.2) is 0 Å². The molecule has 3 aromatic carbocycles. The van der Waals surface area contributed by atoms with E-state index in [1.807, 2.05) is 78.9 Å². The molecule has 140 valence electrons. The van der Waals surface area contributed by atoms with Crippen LogP contribution in [-0.2, 0) is 10.3 Å². The van der Waals surface area contributed by atoms with Gasteiger partial charge >= 0.3 is 0 Å². The third-order valence-electron chi connectivity index (χ3n) is 5.61. The number of likely N-dealkylation sites (tertiary alicyclic amines) is 1. The van der Waals surface area contributed by atoms with E-state index in [1.54, 1.807) is 36.0 Å². The monoisotopic (exact) mass is 370 g/mol. The zero-order valence-electron chi connectivity index (χ0n) is 15.9. The number of carbonyl (C=O) groups excluding carboxylic acids is 2. The molecule has 0 bridgehead atoms. The topological polar surface area (TPSA) is 40.6 Å². The summed E-state index contributed by atoms with van der Waals surface area (Å²) in [5.41, 5.74) is 1.30. The number of hydrogen-bond acceptors (Lipinski definition) is 2. The first-order valence-corrected chi connectivity index (χ1v) is 9.29. The summed E-state index contributed by atoms with van der Waals surface area (Å²) in [7, 11) is 3.52. The number of hydrogen-bond donors (Lipinski definition) is 0. The molecule has 4 nitrogen and oxygen atoms in total. The number of benzene rings is 3. The van der Waals surface area contributed by atoms with Crippen LogP contribution in [0.4, 0.5) is 0 Å². The van der Waals surface area contributed by atoms with Gasteiger partial charge in [-0.1, -0.05) is 78.9 Å². The predicted octanol–water partition coefficient (Wildman–Crippen LogP) is 3.87. The average Bonchev–Trinajstić information content (AvgIpc) is 2.77. The molecule has 0 saturated carbocycles. The maximum Gasteiger partial charge on any atom is 0.256 e. The lowest BCUT2D eigenvalue weighted by Crippen LogP contribution is -2.72. The molecule has 1 aliphatic heterocycles. The van der Waals surface area contributed by atoms with Crippen LogP contribution in [0.1, 0.15) is 27.5 Å². The molecule has 28 heavy (non-hydrogen) atoms. The fourth-order valence-corrected chi connectivity index (χ4v) is 4.25. The standard InChI is InChI=1S/C24H22N2O2/c1-25-21(18-12-6-3-7-13-18)24(23(25)28,20-16-10-5-11-17-20)26(2)22(27)19-14-8-4-9-15-19/h3-17,21H,1-2H3/t21-,24-/m0/s1. The molecular formula is C24H22N2O2. The first kappa shape index (κ1) is 18.0. The zero-order valence-corrected chi connectivity index (χ0v) is 15.9. The van der Waals surface area contributed by atoms with Gasteiger partial charge in [0.15, 0.2) is 5.54 Å². The zero-order chi connectivity index (χ0) is 19.7. The summed E-state index contributed by atoms with van der Waals surface area (Å²) in [6.45, 7) is 0. The van der Waals surface area contributed by atoms with E-state index in [2.05, 4.69) is 0 Å². The summed E-state index contributed by atoms with van der Waals surface area (Å²) >= 11 is 0. The van der Waals surface area contributed by atoms with Crippen molar-refractivity contribution in [1.82, 2.24) is 9.80 Å². The number of amides is 2. The highest BCUT2D eigenvalue weighted by atomic mass is 16.2. The Morgan fingerprint density at radius 3 is 1.93 bits per heavy atom. The van der Waals surface area contributed by atoms with Gasteiger partial charge in [-0.05, 0) is 23.3 Å². The highest BCUT2D eigenvalue weighted by Crippen LogP contribution is 2.52. The van der Waals surface area contributed by atoms with Crippen molar-refractivity contribution < 1.29 is 9.59 Å². The van der Waals surface area contributed by atoms with Crippen LogP contribution in [0.25, 0.3) is 0 Å². The lowest BCUT2D eigenvalue weighted by atomic mass is 9.69. The Morgan fingerprint density at radius 1 is 0.857 bits per heavy atom. The Kier molecular flexibility index (Phi) is 4.47. The Morgan fingerprint density at radius 2 is 1.36 bits per heavy atom. The number of carbonyl (C=O) groups is 2. The molecule has 4 heteroatoms. The fraction of sp³-hybridized carbons (Fsp3) is 0.167. The summed E-state index contributed by atoms with van der Waals surface area (Å²) in [5.74, 6) is -0.258. The number of β-lactam (4-membered cyclic amide) rings is 1. The number of likely N-dealkylation sites (N-methyl/N-ethyl adjacent to an activating group) is 2. The highest BCUT2D eigenvalue weighted by molar-refractivity contribution is 6.03. The van der Waals surface area contributed by atoms with Crippen molar-refractivity contribution in [2.24, 2.45) is 0 Å². The Hall–Kier alpha value is -3.40. The van der Waals surface area contributed by atoms with Crippen LogP contribution in [0, 0.1) is 0 Å². The van der Waals surface area contributed by atoms with Crippen LogP contribution in [-0.4, -0.2) is 35.7 Å². The van der Waals surface area contributed by atoms with Gasteiger partial charge in [0.25, 0.3) is 11.8 Å². The molecule has 0 radical (unpaired) electrons. The molecule has 0 aliphatic carbocycles. The van der Waals surface area contributed by atoms with Crippen LogP contribution in [0.15, 0.2) is 91.0 Å². The molecule has 0 N–H and O–H groups in total. The summed E-state index contributed by atoms with van der Waals surface area (Å²) < 4.78 is 0. The smallest absolute Gasteiger partial charge is 0.256 e. The van der Waals surface area contributed by atoms with Crippen LogP contribution >= 0.6 is 0 Å². The van der Waals surface area contributed by atoms with E-state index in [4.69, 9.17) is 0 Å². The van der Waals surface area contributed by atoms with Gasteiger partial charge in [0.1, 0.15) is 0 Å². The van der Waals surface area contributed by atoms with Crippen molar-refractivity contribution in [1.29, 1.82) is 0 Å². The second-order valence-corrected chi connectivity index (χ2v) is 7.09. The van der Waals surface area contributed by atoms with E-state index in [0.29, 0.717) is 5.56 Å². The van der Waals surface area contributed by atoms with Gasteiger partial charge in [0.05, 0.1) is 6.04 Å². The molecule has 1 aliphatic rings. The van der Waals surface area contributed by atoms with E-state index in [0.717, 1.165) is 11.1 Å². The molecule has 1 fully saturated rings. The Balaban J connectivity index is 1.88. The van der Waals surface area contributed by atoms with E-state index in [1.165, 1.54) is 0 Å². The van der Waals surface area contributed by atoms with Gasteiger partial charge in [-0.15, -0.1) is 0 Å². The quantitative estimate of drug-likeness (QED) is 0.654. The number of nitrogens with zero attached hydrogens (tertiary/aromatic N) is 2. The average molecular weight is 370 g/mol. The summed E-state index contributed by atoms with van der Waals surface area (Å²) in [5, 5.41) is 0. The lowest BCUT2D eigenvalue weighted by molar-refractivity contribution is -0.172. The SMILES string of the molecule is CN1C(=O)[C@@](c2ccccc2)(N(C)C(=O)c2ccccc2)[C@@H]1c1ccccc1. The second-order valence-electron chi connectivity index (χ2n) is 7.09. The minimum atomic E-state index is -1.08. The minimum absolute atomic E-state index is 0.0839. The fourth-order valence-electron chi connectivity index (χ4n) is 4.25. The Labute approximate surface area is 165 Å². The second kappa shape index (κ2) is 6.97. The van der Waals surface area contributed by atoms with Crippen LogP contribution < -0.4 is 0 Å². The van der Waals surface area contributed by atoms with E-state index in [9.17, 15) is 9.59 Å². The van der Waals surface area contributed by atoms with Gasteiger partial charge in [0, 0.05) is 19.7 Å². The maximum atomic E-state index is 13.4. The van der Waals surface area contributed by atoms with Crippen molar-refractivity contribution in [2.75, 3.05) is 14.1 Å². The molecule has 1 saturated heterocycles. The molecule has 1 heterocycles. The summed E-state index contributed by atoms with van der Waals surface area (Å²) in [4.78, 5) is 30.0. The van der Waals surface area contributed by atoms with E-state index < -0.39 is 5.54 Å². The molecule has 0 spiro atoms. The minimum Gasteiger partial charge on any atom is -0.333 e. The molecule has 4 rings (SSSR count). The largest absolute Gasteiger partial charge is 0.333 e. The van der Waals surface area contributed by atoms with Gasteiger partial charge in [-0.2, -0.15) is 0 Å². The van der Waals surface area contributed by atoms with Crippen LogP contribution in [0.2, 0.25) is 0 Å². The Bertz CT molecular complexity index is 989. The molecule has 0 unspecified atom stereocenters.